The zero-order chi connectivity index (χ0) is 11.3. The van der Waals surface area contributed by atoms with E-state index >= 15 is 0 Å². The number of hydroxylamine groups is 1. The summed E-state index contributed by atoms with van der Waals surface area (Å²) < 4.78 is 13.4. The fourth-order valence-electron chi connectivity index (χ4n) is 1.24. The molecule has 2 N–H and O–H groups in total. The van der Waals surface area contributed by atoms with Crippen molar-refractivity contribution in [2.24, 2.45) is 0 Å². The van der Waals surface area contributed by atoms with Crippen molar-refractivity contribution in [3.05, 3.63) is 29.6 Å². The van der Waals surface area contributed by atoms with E-state index in [1.165, 1.54) is 13.2 Å². The number of rotatable bonds is 3. The lowest BCUT2D eigenvalue weighted by Gasteiger charge is -2.10. The average Bonchev–Trinajstić information content (AvgIpc) is 2.21. The van der Waals surface area contributed by atoms with Gasteiger partial charge in [-0.2, -0.15) is 0 Å². The van der Waals surface area contributed by atoms with E-state index in [0.29, 0.717) is 6.42 Å². The highest BCUT2D eigenvalue weighted by atomic mass is 19.1. The monoisotopic (exact) mass is 212 g/mol. The molecule has 0 aliphatic carbocycles. The van der Waals surface area contributed by atoms with E-state index in [2.05, 4.69) is 15.6 Å². The number of halogens is 1. The fraction of sp³-hybridized carbons (Fsp3) is 0.300. The summed E-state index contributed by atoms with van der Waals surface area (Å²) in [5.74, 6) is -0.458. The number of anilines is 1. The first-order valence-electron chi connectivity index (χ1n) is 4.56. The molecule has 0 unspecified atom stereocenters. The van der Waals surface area contributed by atoms with Gasteiger partial charge in [0.05, 0.1) is 12.8 Å². The zero-order valence-corrected chi connectivity index (χ0v) is 8.63. The minimum Gasteiger partial charge on any atom is -0.303 e. The third-order valence-corrected chi connectivity index (χ3v) is 1.91. The highest BCUT2D eigenvalue weighted by Crippen LogP contribution is 2.19. The molecule has 15 heavy (non-hydrogen) atoms. The summed E-state index contributed by atoms with van der Waals surface area (Å²) in [5.41, 5.74) is 2.98. The number of aryl methyl sites for hydroxylation is 1. The first kappa shape index (κ1) is 11.5. The van der Waals surface area contributed by atoms with E-state index in [0.717, 1.165) is 5.56 Å². The van der Waals surface area contributed by atoms with Gasteiger partial charge in [0.25, 0.3) is 0 Å². The minimum absolute atomic E-state index is 0.189. The Morgan fingerprint density at radius 1 is 1.53 bits per heavy atom. The molecule has 5 heteroatoms. The number of carbonyl (C=O) groups excluding carboxylic acids is 1. The van der Waals surface area contributed by atoms with Gasteiger partial charge in [-0.25, -0.2) is 14.7 Å². The van der Waals surface area contributed by atoms with Crippen molar-refractivity contribution in [2.45, 2.75) is 13.3 Å². The summed E-state index contributed by atoms with van der Waals surface area (Å²) in [6.45, 7) is 1.88. The molecule has 1 aromatic rings. The first-order chi connectivity index (χ1) is 7.19. The van der Waals surface area contributed by atoms with Crippen LogP contribution in [0.5, 0.6) is 0 Å². The number of benzene rings is 1. The van der Waals surface area contributed by atoms with Crippen molar-refractivity contribution in [3.8, 4) is 0 Å². The van der Waals surface area contributed by atoms with E-state index in [4.69, 9.17) is 0 Å². The second kappa shape index (κ2) is 5.31. The van der Waals surface area contributed by atoms with Crippen LogP contribution in [-0.2, 0) is 11.3 Å². The quantitative estimate of drug-likeness (QED) is 0.753. The number of hydrogen-bond donors (Lipinski definition) is 2. The highest BCUT2D eigenvalue weighted by molar-refractivity contribution is 5.89. The maximum atomic E-state index is 13.4. The molecular weight excluding hydrogens is 199 g/mol. The highest BCUT2D eigenvalue weighted by Gasteiger charge is 2.09. The van der Waals surface area contributed by atoms with Gasteiger partial charge in [0.1, 0.15) is 5.82 Å². The predicted molar refractivity (Wildman–Crippen MR) is 54.9 cm³/mol. The Balaban J connectivity index is 2.87. The van der Waals surface area contributed by atoms with Gasteiger partial charge in [-0.1, -0.05) is 19.1 Å². The van der Waals surface area contributed by atoms with Crippen molar-refractivity contribution in [1.29, 1.82) is 0 Å². The molecule has 0 fully saturated rings. The van der Waals surface area contributed by atoms with Crippen molar-refractivity contribution < 1.29 is 14.0 Å². The van der Waals surface area contributed by atoms with E-state index in [9.17, 15) is 9.18 Å². The second-order valence-corrected chi connectivity index (χ2v) is 2.89. The van der Waals surface area contributed by atoms with E-state index in [-0.39, 0.29) is 5.69 Å². The van der Waals surface area contributed by atoms with Crippen molar-refractivity contribution in [2.75, 3.05) is 12.4 Å². The summed E-state index contributed by atoms with van der Waals surface area (Å²) in [6.07, 6.45) is 0.639. The number of para-hydroxylation sites is 1. The van der Waals surface area contributed by atoms with Gasteiger partial charge < -0.3 is 5.32 Å². The van der Waals surface area contributed by atoms with Crippen LogP contribution in [0.15, 0.2) is 18.2 Å². The molecular formula is C10H13FN2O2. The van der Waals surface area contributed by atoms with Gasteiger partial charge >= 0.3 is 6.03 Å². The molecule has 0 radical (unpaired) electrons. The van der Waals surface area contributed by atoms with Gasteiger partial charge in [-0.15, -0.1) is 0 Å². The Kier molecular flexibility index (Phi) is 4.05. The SMILES string of the molecule is CCc1cccc(F)c1NC(=O)NOC. The van der Waals surface area contributed by atoms with Gasteiger partial charge in [0.2, 0.25) is 0 Å². The Hall–Kier alpha value is -1.62. The lowest BCUT2D eigenvalue weighted by molar-refractivity contribution is 0.114. The van der Waals surface area contributed by atoms with Crippen LogP contribution in [0.1, 0.15) is 12.5 Å². The van der Waals surface area contributed by atoms with Gasteiger partial charge in [0.15, 0.2) is 0 Å². The Bertz CT molecular complexity index is 355. The molecule has 4 nitrogen and oxygen atoms in total. The van der Waals surface area contributed by atoms with Crippen LogP contribution >= 0.6 is 0 Å². The molecule has 0 saturated heterocycles. The van der Waals surface area contributed by atoms with Gasteiger partial charge in [-0.3, -0.25) is 4.84 Å². The number of amides is 2. The van der Waals surface area contributed by atoms with Crippen LogP contribution in [-0.4, -0.2) is 13.1 Å². The molecule has 0 bridgehead atoms. The standard InChI is InChI=1S/C10H13FN2O2/c1-3-7-5-4-6-8(11)9(7)12-10(14)13-15-2/h4-6H,3H2,1-2H3,(H2,12,13,14). The van der Waals surface area contributed by atoms with Gasteiger partial charge in [0, 0.05) is 0 Å². The summed E-state index contributed by atoms with van der Waals surface area (Å²) in [7, 11) is 1.31. The molecule has 0 atom stereocenters. The summed E-state index contributed by atoms with van der Waals surface area (Å²) in [6, 6.07) is 4.05. The largest absolute Gasteiger partial charge is 0.343 e. The van der Waals surface area contributed by atoms with Gasteiger partial charge in [-0.05, 0) is 18.1 Å². The summed E-state index contributed by atoms with van der Waals surface area (Å²) >= 11 is 0. The molecule has 0 aliphatic heterocycles. The molecule has 0 saturated carbocycles. The van der Waals surface area contributed by atoms with E-state index in [1.807, 2.05) is 6.92 Å². The molecule has 0 aromatic heterocycles. The minimum atomic E-state index is -0.600. The third kappa shape index (κ3) is 2.92. The molecule has 2 amide bonds. The number of carbonyl (C=O) groups is 1. The van der Waals surface area contributed by atoms with Crippen LogP contribution < -0.4 is 10.8 Å². The van der Waals surface area contributed by atoms with Crippen molar-refractivity contribution in [1.82, 2.24) is 5.48 Å². The first-order valence-corrected chi connectivity index (χ1v) is 4.56. The second-order valence-electron chi connectivity index (χ2n) is 2.89. The predicted octanol–water partition coefficient (Wildman–Crippen LogP) is 2.07. The molecule has 1 aromatic carbocycles. The van der Waals surface area contributed by atoms with E-state index in [1.54, 1.807) is 12.1 Å². The maximum Gasteiger partial charge on any atom is 0.343 e. The Morgan fingerprint density at radius 3 is 2.87 bits per heavy atom. The van der Waals surface area contributed by atoms with Crippen LogP contribution in [0.2, 0.25) is 0 Å². The molecule has 82 valence electrons. The normalized spacial score (nSPS) is 9.80. The Morgan fingerprint density at radius 2 is 2.27 bits per heavy atom. The lowest BCUT2D eigenvalue weighted by atomic mass is 10.1. The van der Waals surface area contributed by atoms with Crippen molar-refractivity contribution in [3.63, 3.8) is 0 Å². The zero-order valence-electron chi connectivity index (χ0n) is 8.63. The maximum absolute atomic E-state index is 13.4. The molecule has 0 heterocycles. The number of urea groups is 1. The van der Waals surface area contributed by atoms with Crippen LogP contribution in [0.25, 0.3) is 0 Å². The molecule has 0 aliphatic rings. The smallest absolute Gasteiger partial charge is 0.303 e. The van der Waals surface area contributed by atoms with Crippen LogP contribution in [0, 0.1) is 5.82 Å². The third-order valence-electron chi connectivity index (χ3n) is 1.91. The number of nitrogens with one attached hydrogen (secondary N) is 2. The topological polar surface area (TPSA) is 50.4 Å². The van der Waals surface area contributed by atoms with E-state index < -0.39 is 11.8 Å². The van der Waals surface area contributed by atoms with Crippen LogP contribution in [0.4, 0.5) is 14.9 Å². The molecule has 1 rings (SSSR count). The average molecular weight is 212 g/mol. The summed E-state index contributed by atoms with van der Waals surface area (Å²) in [5, 5.41) is 2.38. The van der Waals surface area contributed by atoms with Crippen molar-refractivity contribution >= 4 is 11.7 Å². The fourth-order valence-corrected chi connectivity index (χ4v) is 1.24. The number of hydrogen-bond acceptors (Lipinski definition) is 2. The van der Waals surface area contributed by atoms with Crippen LogP contribution in [0.3, 0.4) is 0 Å². The Labute approximate surface area is 87.4 Å². The molecule has 0 spiro atoms. The lowest BCUT2D eigenvalue weighted by Crippen LogP contribution is -2.28. The summed E-state index contributed by atoms with van der Waals surface area (Å²) in [4.78, 5) is 15.5.